The van der Waals surface area contributed by atoms with Crippen LogP contribution in [-0.4, -0.2) is 24.1 Å². The minimum atomic E-state index is -0.00464. The first-order valence-corrected chi connectivity index (χ1v) is 11.7. The lowest BCUT2D eigenvalue weighted by molar-refractivity contribution is -0.118. The molecular formula is C24H20N2O3S2. The molecule has 1 aliphatic rings. The molecule has 31 heavy (non-hydrogen) atoms. The lowest BCUT2D eigenvalue weighted by atomic mass is 10.2. The molecule has 5 rings (SSSR count). The summed E-state index contributed by atoms with van der Waals surface area (Å²) in [6.07, 6.45) is 0.239. The number of amides is 1. The number of thiophene rings is 1. The first-order valence-electron chi connectivity index (χ1n) is 9.98. The topological polar surface area (TPSA) is 51.7 Å². The predicted octanol–water partition coefficient (Wildman–Crippen LogP) is 5.42. The largest absolute Gasteiger partial charge is 0.486 e. The molecule has 0 radical (unpaired) electrons. The molecule has 0 saturated carbocycles. The lowest BCUT2D eigenvalue weighted by Gasteiger charge is -2.25. The second-order valence-electron chi connectivity index (χ2n) is 7.07. The van der Waals surface area contributed by atoms with Crippen molar-refractivity contribution in [3.63, 3.8) is 0 Å². The van der Waals surface area contributed by atoms with E-state index >= 15 is 0 Å². The zero-order valence-corrected chi connectivity index (χ0v) is 18.3. The highest BCUT2D eigenvalue weighted by Crippen LogP contribution is 2.35. The van der Waals surface area contributed by atoms with Crippen LogP contribution >= 0.6 is 22.7 Å². The van der Waals surface area contributed by atoms with Gasteiger partial charge in [-0.2, -0.15) is 0 Å². The lowest BCUT2D eigenvalue weighted by Crippen LogP contribution is -2.31. The van der Waals surface area contributed by atoms with Crippen LogP contribution in [0.1, 0.15) is 10.6 Å². The Morgan fingerprint density at radius 3 is 2.61 bits per heavy atom. The highest BCUT2D eigenvalue weighted by atomic mass is 32.1. The van der Waals surface area contributed by atoms with Crippen molar-refractivity contribution in [1.29, 1.82) is 0 Å². The van der Waals surface area contributed by atoms with Gasteiger partial charge in [-0.05, 0) is 23.6 Å². The maximum Gasteiger partial charge on any atom is 0.233 e. The van der Waals surface area contributed by atoms with E-state index in [1.807, 2.05) is 71.4 Å². The normalized spacial score (nSPS) is 12.5. The molecule has 0 fully saturated rings. The fraction of sp³-hybridized carbons (Fsp3) is 0.167. The Hall–Kier alpha value is -3.16. The van der Waals surface area contributed by atoms with Crippen LogP contribution in [0.2, 0.25) is 0 Å². The van der Waals surface area contributed by atoms with E-state index in [-0.39, 0.29) is 12.3 Å². The molecule has 4 aromatic rings. The number of rotatable bonds is 6. The van der Waals surface area contributed by atoms with Crippen molar-refractivity contribution in [2.24, 2.45) is 0 Å². The van der Waals surface area contributed by atoms with Gasteiger partial charge in [0.15, 0.2) is 11.5 Å². The smallest absolute Gasteiger partial charge is 0.233 e. The quantitative estimate of drug-likeness (QED) is 0.395. The number of carbonyl (C=O) groups is 1. The molecule has 0 N–H and O–H groups in total. The summed E-state index contributed by atoms with van der Waals surface area (Å²) in [5.74, 6) is 1.38. The molecule has 2 aromatic carbocycles. The molecule has 0 unspecified atom stereocenters. The van der Waals surface area contributed by atoms with Gasteiger partial charge >= 0.3 is 0 Å². The third kappa shape index (κ3) is 4.47. The van der Waals surface area contributed by atoms with E-state index in [1.165, 1.54) is 0 Å². The average molecular weight is 449 g/mol. The Bertz CT molecular complexity index is 1170. The zero-order chi connectivity index (χ0) is 21.0. The molecule has 0 spiro atoms. The molecule has 1 amide bonds. The van der Waals surface area contributed by atoms with E-state index in [9.17, 15) is 4.79 Å². The van der Waals surface area contributed by atoms with Gasteiger partial charge in [0.25, 0.3) is 0 Å². The molecule has 2 aromatic heterocycles. The van der Waals surface area contributed by atoms with Gasteiger partial charge in [0.2, 0.25) is 5.91 Å². The fourth-order valence-corrected chi connectivity index (χ4v) is 4.95. The van der Waals surface area contributed by atoms with Gasteiger partial charge in [-0.15, -0.1) is 22.7 Å². The molecule has 156 valence electrons. The summed E-state index contributed by atoms with van der Waals surface area (Å²) >= 11 is 3.20. The summed E-state index contributed by atoms with van der Waals surface area (Å²) < 4.78 is 11.4. The van der Waals surface area contributed by atoms with Crippen LogP contribution in [-0.2, 0) is 17.8 Å². The Balaban J connectivity index is 1.40. The summed E-state index contributed by atoms with van der Waals surface area (Å²) in [6, 6.07) is 19.7. The van der Waals surface area contributed by atoms with E-state index in [1.54, 1.807) is 27.6 Å². The van der Waals surface area contributed by atoms with Crippen molar-refractivity contribution in [2.45, 2.75) is 13.0 Å². The Labute approximate surface area is 188 Å². The molecule has 0 atom stereocenters. The van der Waals surface area contributed by atoms with E-state index < -0.39 is 0 Å². The van der Waals surface area contributed by atoms with E-state index in [0.29, 0.717) is 31.3 Å². The molecular weight excluding hydrogens is 428 g/mol. The average Bonchev–Trinajstić information content (AvgIpc) is 3.50. The van der Waals surface area contributed by atoms with Crippen LogP contribution in [0.5, 0.6) is 11.5 Å². The molecule has 7 heteroatoms. The summed E-state index contributed by atoms with van der Waals surface area (Å²) in [6.45, 7) is 1.56. The van der Waals surface area contributed by atoms with Gasteiger partial charge in [0.1, 0.15) is 18.2 Å². The van der Waals surface area contributed by atoms with Crippen molar-refractivity contribution in [2.75, 3.05) is 18.1 Å². The number of aromatic nitrogens is 1. The third-order valence-corrected chi connectivity index (χ3v) is 6.74. The van der Waals surface area contributed by atoms with Gasteiger partial charge in [0, 0.05) is 27.6 Å². The summed E-state index contributed by atoms with van der Waals surface area (Å²) in [5, 5.41) is 4.91. The molecule has 5 nitrogen and oxygen atoms in total. The summed E-state index contributed by atoms with van der Waals surface area (Å²) in [4.78, 5) is 21.0. The first kappa shape index (κ1) is 19.8. The van der Waals surface area contributed by atoms with Crippen LogP contribution in [0, 0.1) is 0 Å². The van der Waals surface area contributed by atoms with E-state index in [0.717, 1.165) is 26.8 Å². The fourth-order valence-electron chi connectivity index (χ4n) is 3.43. The monoisotopic (exact) mass is 448 g/mol. The second-order valence-corrected chi connectivity index (χ2v) is 8.96. The van der Waals surface area contributed by atoms with Crippen LogP contribution in [0.4, 0.5) is 5.69 Å². The summed E-state index contributed by atoms with van der Waals surface area (Å²) in [7, 11) is 0. The highest BCUT2D eigenvalue weighted by molar-refractivity contribution is 7.13. The van der Waals surface area contributed by atoms with Crippen molar-refractivity contribution < 1.29 is 14.3 Å². The molecule has 1 aliphatic heterocycles. The Kier molecular flexibility index (Phi) is 5.69. The number of thiazole rings is 1. The number of ether oxygens (including phenoxy) is 2. The van der Waals surface area contributed by atoms with Gasteiger partial charge in [-0.1, -0.05) is 36.4 Å². The van der Waals surface area contributed by atoms with Crippen LogP contribution in [0.3, 0.4) is 0 Å². The van der Waals surface area contributed by atoms with Gasteiger partial charge in [-0.25, -0.2) is 4.98 Å². The predicted molar refractivity (Wildman–Crippen MR) is 124 cm³/mol. The van der Waals surface area contributed by atoms with Crippen LogP contribution in [0.15, 0.2) is 71.4 Å². The van der Waals surface area contributed by atoms with Crippen molar-refractivity contribution in [3.8, 4) is 22.1 Å². The number of hydrogen-bond donors (Lipinski definition) is 0. The number of fused-ring (bicyclic) bond motifs is 1. The van der Waals surface area contributed by atoms with Crippen LogP contribution in [0.25, 0.3) is 10.6 Å². The van der Waals surface area contributed by atoms with E-state index in [2.05, 4.69) is 0 Å². The van der Waals surface area contributed by atoms with Crippen LogP contribution < -0.4 is 14.4 Å². The van der Waals surface area contributed by atoms with Crippen molar-refractivity contribution in [1.82, 2.24) is 4.98 Å². The maximum atomic E-state index is 13.4. The Morgan fingerprint density at radius 2 is 1.81 bits per heavy atom. The van der Waals surface area contributed by atoms with Crippen molar-refractivity contribution >= 4 is 34.3 Å². The minimum Gasteiger partial charge on any atom is -0.486 e. The maximum absolute atomic E-state index is 13.4. The second kappa shape index (κ2) is 8.91. The molecule has 0 aliphatic carbocycles. The number of nitrogens with zero attached hydrogens (tertiary/aromatic N) is 2. The van der Waals surface area contributed by atoms with Crippen molar-refractivity contribution in [3.05, 3.63) is 82.0 Å². The number of carbonyl (C=O) groups excluding carboxylic acids is 1. The van der Waals surface area contributed by atoms with E-state index in [4.69, 9.17) is 14.5 Å². The highest BCUT2D eigenvalue weighted by Gasteiger charge is 2.21. The minimum absolute atomic E-state index is 0.00464. The standard InChI is InChI=1S/C24H20N2O3S2/c27-23(13-18-16-31-24(25-18)17-5-2-1-3-6-17)26(15-20-7-4-12-30-20)19-8-9-21-22(14-19)29-11-10-28-21/h1-9,12,14,16H,10-11,13,15H2. The Morgan fingerprint density at radius 1 is 0.968 bits per heavy atom. The van der Waals surface area contributed by atoms with Gasteiger partial charge in [-0.3, -0.25) is 4.79 Å². The SMILES string of the molecule is O=C(Cc1csc(-c2ccccc2)n1)N(Cc1cccs1)c1ccc2c(c1)OCCO2. The van der Waals surface area contributed by atoms with Gasteiger partial charge in [0.05, 0.1) is 18.7 Å². The molecule has 0 bridgehead atoms. The zero-order valence-electron chi connectivity index (χ0n) is 16.7. The number of hydrogen-bond acceptors (Lipinski definition) is 6. The molecule has 3 heterocycles. The number of benzene rings is 2. The number of anilines is 1. The summed E-state index contributed by atoms with van der Waals surface area (Å²) in [5.41, 5.74) is 2.64. The van der Waals surface area contributed by atoms with Gasteiger partial charge < -0.3 is 14.4 Å². The third-order valence-electron chi connectivity index (χ3n) is 4.94. The first-order chi connectivity index (χ1) is 15.3. The molecule has 0 saturated heterocycles.